The number of amides is 2. The van der Waals surface area contributed by atoms with Gasteiger partial charge in [0, 0.05) is 25.6 Å². The lowest BCUT2D eigenvalue weighted by Gasteiger charge is -2.41. The van der Waals surface area contributed by atoms with Crippen molar-refractivity contribution in [3.8, 4) is 0 Å². The number of likely N-dealkylation sites (tertiary alicyclic amines) is 1. The Kier molecular flexibility index (Phi) is 7.86. The molecule has 0 spiro atoms. The van der Waals surface area contributed by atoms with E-state index in [-0.39, 0.29) is 53.0 Å². The summed E-state index contributed by atoms with van der Waals surface area (Å²) in [5.41, 5.74) is 0.256. The summed E-state index contributed by atoms with van der Waals surface area (Å²) in [6.45, 7) is 1.89. The Morgan fingerprint density at radius 3 is 2.59 bits per heavy atom. The van der Waals surface area contributed by atoms with E-state index in [1.807, 2.05) is 23.1 Å². The minimum Gasteiger partial charge on any atom is -0.388 e. The number of hydrogen-bond acceptors (Lipinski definition) is 7. The third-order valence-electron chi connectivity index (χ3n) is 9.01. The molecule has 2 amide bonds. The van der Waals surface area contributed by atoms with Crippen LogP contribution in [0.4, 0.5) is 5.82 Å². The summed E-state index contributed by atoms with van der Waals surface area (Å²) in [6, 6.07) is 13.6. The van der Waals surface area contributed by atoms with Gasteiger partial charge in [0.25, 0.3) is 5.56 Å². The molecular formula is C31H37N5O5. The van der Waals surface area contributed by atoms with Crippen molar-refractivity contribution >= 4 is 28.7 Å². The lowest BCUT2D eigenvalue weighted by molar-refractivity contribution is -0.142. The van der Waals surface area contributed by atoms with Gasteiger partial charge in [-0.25, -0.2) is 9.97 Å². The highest BCUT2D eigenvalue weighted by Gasteiger charge is 2.39. The fourth-order valence-electron chi connectivity index (χ4n) is 6.56. The second kappa shape index (κ2) is 11.7. The van der Waals surface area contributed by atoms with Crippen LogP contribution in [-0.2, 0) is 20.9 Å². The van der Waals surface area contributed by atoms with E-state index in [2.05, 4.69) is 27.4 Å². The Bertz CT molecular complexity index is 1460. The van der Waals surface area contributed by atoms with Crippen LogP contribution in [0.15, 0.2) is 53.6 Å². The largest absolute Gasteiger partial charge is 0.388 e. The van der Waals surface area contributed by atoms with Crippen molar-refractivity contribution in [3.05, 3.63) is 64.7 Å². The molecule has 1 aromatic carbocycles. The van der Waals surface area contributed by atoms with Crippen LogP contribution < -0.4 is 10.9 Å². The van der Waals surface area contributed by atoms with Crippen LogP contribution in [0.5, 0.6) is 0 Å². The van der Waals surface area contributed by atoms with Crippen LogP contribution in [0, 0.1) is 11.8 Å². The number of benzene rings is 1. The number of hydrogen-bond donors (Lipinski definition) is 2. The monoisotopic (exact) mass is 559 g/mol. The Balaban J connectivity index is 1.12. The van der Waals surface area contributed by atoms with E-state index in [4.69, 9.17) is 4.74 Å². The van der Waals surface area contributed by atoms with Crippen molar-refractivity contribution < 1.29 is 19.4 Å². The van der Waals surface area contributed by atoms with E-state index < -0.39 is 5.60 Å². The minimum atomic E-state index is -1.14. The highest BCUT2D eigenvalue weighted by Crippen LogP contribution is 2.39. The molecule has 2 N–H and O–H groups in total. The maximum atomic E-state index is 13.6. The van der Waals surface area contributed by atoms with Gasteiger partial charge in [-0.2, -0.15) is 0 Å². The Hall–Kier alpha value is -3.63. The zero-order valence-electron chi connectivity index (χ0n) is 23.2. The summed E-state index contributed by atoms with van der Waals surface area (Å²) in [6.07, 6.45) is 6.94. The molecule has 3 atom stereocenters. The lowest BCUT2D eigenvalue weighted by atomic mass is 9.74. The van der Waals surface area contributed by atoms with Crippen molar-refractivity contribution in [1.82, 2.24) is 19.4 Å². The zero-order chi connectivity index (χ0) is 28.4. The quantitative estimate of drug-likeness (QED) is 0.475. The van der Waals surface area contributed by atoms with E-state index in [1.54, 1.807) is 12.1 Å². The molecule has 10 nitrogen and oxygen atoms in total. The molecule has 2 aromatic heterocycles. The normalized spacial score (nSPS) is 24.3. The van der Waals surface area contributed by atoms with Gasteiger partial charge in [0.1, 0.15) is 5.82 Å². The number of anilines is 1. The summed E-state index contributed by atoms with van der Waals surface area (Å²) in [5, 5.41) is 14.2. The van der Waals surface area contributed by atoms with E-state index in [1.165, 1.54) is 16.5 Å². The smallest absolute Gasteiger partial charge is 0.280 e. The van der Waals surface area contributed by atoms with E-state index in [9.17, 15) is 19.5 Å². The van der Waals surface area contributed by atoms with Gasteiger partial charge in [0.2, 0.25) is 11.8 Å². The second-order valence-electron chi connectivity index (χ2n) is 11.7. The number of piperidine rings is 1. The summed E-state index contributed by atoms with van der Waals surface area (Å²) >= 11 is 0. The topological polar surface area (TPSA) is 127 Å². The third kappa shape index (κ3) is 5.90. The van der Waals surface area contributed by atoms with Crippen LogP contribution in [-0.4, -0.2) is 68.3 Å². The molecule has 3 aliphatic rings. The molecule has 1 aliphatic carbocycles. The summed E-state index contributed by atoms with van der Waals surface area (Å²) in [4.78, 5) is 50.1. The first-order chi connectivity index (χ1) is 19.9. The van der Waals surface area contributed by atoms with Gasteiger partial charge in [-0.3, -0.25) is 19.0 Å². The number of carbonyl (C=O) groups excluding carboxylic acids is 2. The number of ether oxygens (including phenoxy) is 1. The van der Waals surface area contributed by atoms with Crippen molar-refractivity contribution in [2.24, 2.45) is 11.8 Å². The average molecular weight is 560 g/mol. The van der Waals surface area contributed by atoms with Gasteiger partial charge >= 0.3 is 0 Å². The first-order valence-corrected chi connectivity index (χ1v) is 14.7. The Morgan fingerprint density at radius 2 is 1.83 bits per heavy atom. The van der Waals surface area contributed by atoms with E-state index in [0.29, 0.717) is 51.1 Å². The zero-order valence-corrected chi connectivity index (χ0v) is 23.2. The number of fused-ring (bicyclic) bond motifs is 1. The number of nitrogens with zero attached hydrogens (tertiary/aromatic N) is 4. The standard InChI is InChI=1S/C31H37N5O5/c37-28(22-12-17-41-18-22)34-26-11-10-25-27(33-26)30(39)36(20-32-25)19-31(40)13-15-35(16-14-31)29(38)24-9-5-4-8-23(24)21-6-2-1-3-7-21/h1-3,6-7,10-11,20,22-24,40H,4-5,8-9,12-19H2,(H,33,34,37). The fourth-order valence-corrected chi connectivity index (χ4v) is 6.56. The highest BCUT2D eigenvalue weighted by molar-refractivity contribution is 5.92. The van der Waals surface area contributed by atoms with Crippen LogP contribution in [0.3, 0.4) is 0 Å². The Morgan fingerprint density at radius 1 is 1.05 bits per heavy atom. The van der Waals surface area contributed by atoms with Gasteiger partial charge in [-0.1, -0.05) is 43.2 Å². The van der Waals surface area contributed by atoms with Crippen molar-refractivity contribution in [1.29, 1.82) is 0 Å². The van der Waals surface area contributed by atoms with Gasteiger partial charge in [0.05, 0.1) is 36.5 Å². The Labute approximate surface area is 238 Å². The molecule has 3 aromatic rings. The molecule has 3 unspecified atom stereocenters. The van der Waals surface area contributed by atoms with Crippen LogP contribution in [0.25, 0.3) is 11.0 Å². The first kappa shape index (κ1) is 27.5. The molecule has 0 bridgehead atoms. The summed E-state index contributed by atoms with van der Waals surface area (Å²) in [5.74, 6) is 0.242. The molecule has 2 aliphatic heterocycles. The van der Waals surface area contributed by atoms with Crippen molar-refractivity contribution in [3.63, 3.8) is 0 Å². The molecule has 0 radical (unpaired) electrons. The van der Waals surface area contributed by atoms with E-state index in [0.717, 1.165) is 25.7 Å². The number of carbonyl (C=O) groups is 2. The molecule has 10 heteroatoms. The van der Waals surface area contributed by atoms with Gasteiger partial charge in [-0.05, 0) is 55.7 Å². The van der Waals surface area contributed by atoms with E-state index >= 15 is 0 Å². The maximum absolute atomic E-state index is 13.6. The molecular weight excluding hydrogens is 522 g/mol. The molecule has 2 saturated heterocycles. The number of pyridine rings is 1. The van der Waals surface area contributed by atoms with Crippen LogP contribution in [0.2, 0.25) is 0 Å². The fraction of sp³-hybridized carbons (Fsp3) is 0.516. The first-order valence-electron chi connectivity index (χ1n) is 14.7. The highest BCUT2D eigenvalue weighted by atomic mass is 16.5. The molecule has 6 rings (SSSR count). The van der Waals surface area contributed by atoms with Gasteiger partial charge < -0.3 is 20.1 Å². The average Bonchev–Trinajstić information content (AvgIpc) is 3.55. The van der Waals surface area contributed by atoms with Crippen LogP contribution >= 0.6 is 0 Å². The number of aromatic nitrogens is 3. The van der Waals surface area contributed by atoms with Gasteiger partial charge in [-0.15, -0.1) is 0 Å². The number of aliphatic hydroxyl groups is 1. The molecule has 1 saturated carbocycles. The maximum Gasteiger partial charge on any atom is 0.280 e. The molecule has 3 fully saturated rings. The van der Waals surface area contributed by atoms with Crippen molar-refractivity contribution in [2.45, 2.75) is 63.0 Å². The molecule has 41 heavy (non-hydrogen) atoms. The molecule has 4 heterocycles. The summed E-state index contributed by atoms with van der Waals surface area (Å²) in [7, 11) is 0. The SMILES string of the molecule is O=C(Nc1ccc2ncn(CC3(O)CCN(C(=O)C4CCCCC4c4ccccc4)CC3)c(=O)c2n1)C1CCOC1. The predicted octanol–water partition coefficient (Wildman–Crippen LogP) is 3.09. The predicted molar refractivity (Wildman–Crippen MR) is 153 cm³/mol. The minimum absolute atomic E-state index is 0.0355. The van der Waals surface area contributed by atoms with Crippen molar-refractivity contribution in [2.75, 3.05) is 31.6 Å². The molecule has 216 valence electrons. The lowest BCUT2D eigenvalue weighted by Crippen LogP contribution is -2.51. The number of nitrogens with one attached hydrogen (secondary N) is 1. The summed E-state index contributed by atoms with van der Waals surface area (Å²) < 4.78 is 6.67. The number of rotatable bonds is 6. The third-order valence-corrected chi connectivity index (χ3v) is 9.01. The van der Waals surface area contributed by atoms with Crippen LogP contribution in [0.1, 0.15) is 56.4 Å². The second-order valence-corrected chi connectivity index (χ2v) is 11.7. The van der Waals surface area contributed by atoms with Gasteiger partial charge in [0.15, 0.2) is 5.52 Å².